The van der Waals surface area contributed by atoms with E-state index in [1.54, 1.807) is 52.0 Å². The largest absolute Gasteiger partial charge is 0.619 e. The number of carbonyl (C=O) groups is 4. The number of hydrogen-bond donors (Lipinski definition) is 6. The van der Waals surface area contributed by atoms with Crippen LogP contribution in [0.1, 0.15) is 76.2 Å². The number of pyridine rings is 1. The van der Waals surface area contributed by atoms with Crippen LogP contribution in [-0.2, 0) is 20.9 Å². The van der Waals surface area contributed by atoms with Gasteiger partial charge < -0.3 is 37.3 Å². The first-order valence-corrected chi connectivity index (χ1v) is 15.4. The van der Waals surface area contributed by atoms with Gasteiger partial charge in [0.25, 0.3) is 11.8 Å². The van der Waals surface area contributed by atoms with E-state index in [9.17, 15) is 29.5 Å². The van der Waals surface area contributed by atoms with Crippen LogP contribution in [0.15, 0.2) is 48.8 Å². The van der Waals surface area contributed by atoms with Gasteiger partial charge in [0.05, 0.1) is 11.6 Å². The van der Waals surface area contributed by atoms with Crippen LogP contribution in [0.25, 0.3) is 0 Å². The van der Waals surface area contributed by atoms with E-state index >= 15 is 8.78 Å². The number of benzene rings is 1. The molecule has 46 heavy (non-hydrogen) atoms. The van der Waals surface area contributed by atoms with Crippen molar-refractivity contribution in [1.29, 1.82) is 0 Å². The Morgan fingerprint density at radius 1 is 0.957 bits per heavy atom. The lowest BCUT2D eigenvalue weighted by Crippen LogP contribution is -2.61. The minimum absolute atomic E-state index is 0.0908. The molecule has 0 saturated carbocycles. The molecule has 1 aromatic carbocycles. The third kappa shape index (κ3) is 10.9. The van der Waals surface area contributed by atoms with Gasteiger partial charge in [0, 0.05) is 24.4 Å². The number of alkyl halides is 2. The predicted molar refractivity (Wildman–Crippen MR) is 168 cm³/mol. The number of nitrogens with zero attached hydrogens (tertiary/aromatic N) is 1. The van der Waals surface area contributed by atoms with Crippen molar-refractivity contribution < 1.29 is 37.8 Å². The first-order chi connectivity index (χ1) is 21.6. The summed E-state index contributed by atoms with van der Waals surface area (Å²) in [4.78, 5) is 52.2. The van der Waals surface area contributed by atoms with Crippen molar-refractivity contribution in [3.05, 3.63) is 65.1 Å². The molecule has 0 aliphatic heterocycles. The normalized spacial score (nSPS) is 14.8. The van der Waals surface area contributed by atoms with Crippen molar-refractivity contribution in [2.45, 2.75) is 97.0 Å². The molecule has 0 saturated heterocycles. The van der Waals surface area contributed by atoms with E-state index in [0.29, 0.717) is 28.8 Å². The van der Waals surface area contributed by atoms with Gasteiger partial charge in [-0.15, -0.1) is 0 Å². The Kier molecular flexibility index (Phi) is 14.3. The van der Waals surface area contributed by atoms with Gasteiger partial charge >= 0.3 is 5.92 Å². The molecular weight excluding hydrogens is 602 g/mol. The molecule has 2 rings (SSSR count). The summed E-state index contributed by atoms with van der Waals surface area (Å²) in [7, 11) is 0. The van der Waals surface area contributed by atoms with E-state index in [4.69, 9.17) is 5.73 Å². The molecule has 4 amide bonds. The van der Waals surface area contributed by atoms with Gasteiger partial charge in [-0.25, -0.2) is 0 Å². The Bertz CT molecular complexity index is 1310. The van der Waals surface area contributed by atoms with E-state index in [0.717, 1.165) is 12.4 Å². The Balaban J connectivity index is 2.19. The quantitative estimate of drug-likeness (QED) is 0.0861. The maximum absolute atomic E-state index is 15.2. The standard InChI is InChI=1S/C32H46F2N6O6/c1-6-8-24(37-30(44)26(20(5)7-2)39-28(42)22-13-15-40(46)16-14-22)29(43)38-25(17-19(3)4)27(41)32(33,34)31(45)36-18-21-9-11-23(35)12-10-21/h9-16,19-20,24-27,41H,6-8,17-18,35H2,1-5H3,(H,36,45)(H,37,44)(H,38,43)(H,39,42)/t20?,24-,25-,26-,27+/m0/s1. The molecule has 0 bridgehead atoms. The van der Waals surface area contributed by atoms with Crippen LogP contribution in [0.2, 0.25) is 0 Å². The number of aliphatic hydroxyl groups excluding tert-OH is 1. The number of anilines is 1. The van der Waals surface area contributed by atoms with Crippen molar-refractivity contribution >= 4 is 29.3 Å². The molecule has 5 atom stereocenters. The fraction of sp³-hybridized carbons (Fsp3) is 0.531. The van der Waals surface area contributed by atoms with Crippen LogP contribution in [0, 0.1) is 17.0 Å². The summed E-state index contributed by atoms with van der Waals surface area (Å²) in [6, 6.07) is 5.06. The number of nitrogens with two attached hydrogens (primary N) is 1. The Morgan fingerprint density at radius 3 is 2.11 bits per heavy atom. The summed E-state index contributed by atoms with van der Waals surface area (Å²) >= 11 is 0. The molecular formula is C32H46F2N6O6. The Hall–Kier alpha value is -4.33. The molecule has 254 valence electrons. The van der Waals surface area contributed by atoms with Gasteiger partial charge in [-0.1, -0.05) is 59.6 Å². The first kappa shape index (κ1) is 37.9. The van der Waals surface area contributed by atoms with Crippen LogP contribution in [0.3, 0.4) is 0 Å². The predicted octanol–water partition coefficient (Wildman–Crippen LogP) is 2.18. The maximum Gasteiger partial charge on any atom is 0.351 e. The lowest BCUT2D eigenvalue weighted by atomic mass is 9.94. The van der Waals surface area contributed by atoms with Crippen molar-refractivity contribution in [2.75, 3.05) is 5.73 Å². The third-order valence-electron chi connectivity index (χ3n) is 7.60. The minimum atomic E-state index is -4.27. The fourth-order valence-electron chi connectivity index (χ4n) is 4.69. The van der Waals surface area contributed by atoms with E-state index in [-0.39, 0.29) is 36.8 Å². The summed E-state index contributed by atoms with van der Waals surface area (Å²) in [6.07, 6.45) is 0.675. The molecule has 1 heterocycles. The molecule has 0 spiro atoms. The zero-order valence-electron chi connectivity index (χ0n) is 26.9. The second kappa shape index (κ2) is 17.4. The lowest BCUT2D eigenvalue weighted by Gasteiger charge is -2.32. The highest BCUT2D eigenvalue weighted by molar-refractivity contribution is 5.98. The molecule has 14 heteroatoms. The smallest absolute Gasteiger partial charge is 0.351 e. The van der Waals surface area contributed by atoms with Crippen LogP contribution in [-0.4, -0.2) is 58.9 Å². The number of nitrogen functional groups attached to an aromatic ring is 1. The number of rotatable bonds is 17. The highest BCUT2D eigenvalue weighted by atomic mass is 19.3. The van der Waals surface area contributed by atoms with Crippen LogP contribution in [0.5, 0.6) is 0 Å². The van der Waals surface area contributed by atoms with Crippen molar-refractivity contribution in [1.82, 2.24) is 21.3 Å². The van der Waals surface area contributed by atoms with Gasteiger partial charge in [0.15, 0.2) is 12.4 Å². The zero-order valence-corrected chi connectivity index (χ0v) is 26.9. The second-order valence-corrected chi connectivity index (χ2v) is 11.9. The van der Waals surface area contributed by atoms with Crippen molar-refractivity contribution in [3.8, 4) is 0 Å². The summed E-state index contributed by atoms with van der Waals surface area (Å²) in [5.74, 6) is -8.69. The van der Waals surface area contributed by atoms with Crippen LogP contribution in [0.4, 0.5) is 14.5 Å². The number of aromatic nitrogens is 1. The van der Waals surface area contributed by atoms with E-state index in [1.165, 1.54) is 12.1 Å². The molecule has 7 N–H and O–H groups in total. The summed E-state index contributed by atoms with van der Waals surface area (Å²) in [6.45, 7) is 8.51. The monoisotopic (exact) mass is 648 g/mol. The van der Waals surface area contributed by atoms with E-state index in [2.05, 4.69) is 21.3 Å². The summed E-state index contributed by atoms with van der Waals surface area (Å²) in [5, 5.41) is 31.9. The van der Waals surface area contributed by atoms with Crippen molar-refractivity contribution in [3.63, 3.8) is 0 Å². The first-order valence-electron chi connectivity index (χ1n) is 15.4. The summed E-state index contributed by atoms with van der Waals surface area (Å²) < 4.78 is 31.0. The topological polar surface area (TPSA) is 190 Å². The number of amides is 4. The third-order valence-corrected chi connectivity index (χ3v) is 7.60. The number of nitrogens with one attached hydrogen (secondary N) is 4. The molecule has 0 aliphatic carbocycles. The Labute approximate surface area is 268 Å². The summed E-state index contributed by atoms with van der Waals surface area (Å²) in [5.41, 5.74) is 6.76. The molecule has 0 fully saturated rings. The number of carbonyl (C=O) groups excluding carboxylic acids is 4. The molecule has 0 aliphatic rings. The minimum Gasteiger partial charge on any atom is -0.619 e. The average molecular weight is 649 g/mol. The molecule has 1 aromatic heterocycles. The van der Waals surface area contributed by atoms with Gasteiger partial charge in [0.1, 0.15) is 18.2 Å². The van der Waals surface area contributed by atoms with Crippen molar-refractivity contribution in [2.24, 2.45) is 11.8 Å². The SMILES string of the molecule is CCC[C@H](NC(=O)[C@@H](NC(=O)c1cc[n+]([O-])cc1)C(C)CC)C(=O)N[C@@H](CC(C)C)[C@@H](O)C(F)(F)C(=O)NCc1ccc(N)cc1. The van der Waals surface area contributed by atoms with Crippen LogP contribution < -0.4 is 31.7 Å². The average Bonchev–Trinajstić information content (AvgIpc) is 3.01. The fourth-order valence-corrected chi connectivity index (χ4v) is 4.69. The highest BCUT2D eigenvalue weighted by Gasteiger charge is 2.50. The number of aliphatic hydroxyl groups is 1. The molecule has 12 nitrogen and oxygen atoms in total. The molecule has 1 unspecified atom stereocenters. The molecule has 2 aromatic rings. The van der Waals surface area contributed by atoms with Gasteiger partial charge in [-0.05, 0) is 42.4 Å². The van der Waals surface area contributed by atoms with E-state index < -0.39 is 53.8 Å². The highest BCUT2D eigenvalue weighted by Crippen LogP contribution is 2.25. The van der Waals surface area contributed by atoms with Gasteiger partial charge in [-0.2, -0.15) is 13.5 Å². The maximum atomic E-state index is 15.2. The van der Waals surface area contributed by atoms with E-state index in [1.807, 2.05) is 6.92 Å². The number of halogens is 2. The van der Waals surface area contributed by atoms with Gasteiger partial charge in [0.2, 0.25) is 11.8 Å². The molecule has 0 radical (unpaired) electrons. The zero-order chi connectivity index (χ0) is 34.6. The van der Waals surface area contributed by atoms with Gasteiger partial charge in [-0.3, -0.25) is 19.2 Å². The Morgan fingerprint density at radius 2 is 1.57 bits per heavy atom. The number of hydrogen-bond acceptors (Lipinski definition) is 7. The lowest BCUT2D eigenvalue weighted by molar-refractivity contribution is -0.605. The second-order valence-electron chi connectivity index (χ2n) is 11.9. The van der Waals surface area contributed by atoms with Crippen LogP contribution >= 0.6 is 0 Å².